The number of ether oxygens (including phenoxy) is 2. The van der Waals surface area contributed by atoms with Crippen molar-refractivity contribution in [3.63, 3.8) is 0 Å². The Morgan fingerprint density at radius 3 is 2.50 bits per heavy atom. The van der Waals surface area contributed by atoms with E-state index >= 15 is 0 Å². The molecule has 8 heteroatoms. The third kappa shape index (κ3) is 5.60. The fourth-order valence-corrected chi connectivity index (χ4v) is 4.46. The van der Waals surface area contributed by atoms with Crippen molar-refractivity contribution in [1.82, 2.24) is 10.0 Å². The van der Waals surface area contributed by atoms with Gasteiger partial charge in [0.2, 0.25) is 10.0 Å². The normalized spacial score (nSPS) is 20.4. The van der Waals surface area contributed by atoms with Crippen molar-refractivity contribution in [1.29, 1.82) is 0 Å². The van der Waals surface area contributed by atoms with Gasteiger partial charge in [-0.15, -0.1) is 0 Å². The van der Waals surface area contributed by atoms with Gasteiger partial charge in [-0.25, -0.2) is 13.1 Å². The molecule has 7 nitrogen and oxygen atoms in total. The zero-order chi connectivity index (χ0) is 19.2. The predicted molar refractivity (Wildman–Crippen MR) is 100 cm³/mol. The maximum Gasteiger partial charge on any atom is 0.251 e. The van der Waals surface area contributed by atoms with Crippen LogP contribution in [0.15, 0.2) is 18.2 Å². The molecule has 2 atom stereocenters. The van der Waals surface area contributed by atoms with E-state index in [-0.39, 0.29) is 24.2 Å². The molecular weight excluding hydrogens is 356 g/mol. The van der Waals surface area contributed by atoms with Gasteiger partial charge in [-0.3, -0.25) is 4.79 Å². The minimum Gasteiger partial charge on any atom is -0.493 e. The van der Waals surface area contributed by atoms with Crippen LogP contribution in [0.4, 0.5) is 0 Å². The van der Waals surface area contributed by atoms with E-state index in [1.165, 1.54) is 14.2 Å². The lowest BCUT2D eigenvalue weighted by atomic mass is 9.87. The summed E-state index contributed by atoms with van der Waals surface area (Å²) in [5.74, 6) is 0.820. The number of hydrogen-bond acceptors (Lipinski definition) is 5. The number of methoxy groups -OCH3 is 2. The largest absolute Gasteiger partial charge is 0.493 e. The van der Waals surface area contributed by atoms with E-state index in [9.17, 15) is 13.2 Å². The lowest BCUT2D eigenvalue weighted by molar-refractivity contribution is 0.0955. The smallest absolute Gasteiger partial charge is 0.251 e. The molecule has 1 aliphatic carbocycles. The van der Waals surface area contributed by atoms with Gasteiger partial charge in [-0.2, -0.15) is 0 Å². The molecule has 2 N–H and O–H groups in total. The Labute approximate surface area is 155 Å². The Kier molecular flexibility index (Phi) is 7.28. The van der Waals surface area contributed by atoms with Crippen LogP contribution in [0.1, 0.15) is 43.0 Å². The molecule has 1 amide bonds. The Morgan fingerprint density at radius 1 is 1.15 bits per heavy atom. The van der Waals surface area contributed by atoms with Gasteiger partial charge in [0, 0.05) is 18.2 Å². The van der Waals surface area contributed by atoms with Crippen molar-refractivity contribution in [2.24, 2.45) is 5.92 Å². The first-order valence-electron chi connectivity index (χ1n) is 8.86. The molecule has 1 aromatic rings. The summed E-state index contributed by atoms with van der Waals surface area (Å²) in [6, 6.07) is 4.80. The lowest BCUT2D eigenvalue weighted by Gasteiger charge is -2.29. The average molecular weight is 384 g/mol. The highest BCUT2D eigenvalue weighted by molar-refractivity contribution is 7.89. The predicted octanol–water partition coefficient (Wildman–Crippen LogP) is 1.93. The van der Waals surface area contributed by atoms with Gasteiger partial charge < -0.3 is 14.8 Å². The number of rotatable bonds is 8. The van der Waals surface area contributed by atoms with Crippen LogP contribution in [0.2, 0.25) is 0 Å². The molecule has 146 valence electrons. The number of sulfonamides is 1. The molecule has 0 saturated heterocycles. The van der Waals surface area contributed by atoms with Crippen molar-refractivity contribution in [3.05, 3.63) is 23.8 Å². The summed E-state index contributed by atoms with van der Waals surface area (Å²) in [5, 5.41) is 2.64. The second kappa shape index (κ2) is 9.23. The van der Waals surface area contributed by atoms with E-state index < -0.39 is 10.0 Å². The Balaban J connectivity index is 1.87. The van der Waals surface area contributed by atoms with E-state index in [0.29, 0.717) is 23.0 Å². The maximum atomic E-state index is 12.2. The van der Waals surface area contributed by atoms with Gasteiger partial charge in [0.1, 0.15) is 0 Å². The molecule has 0 radical (unpaired) electrons. The summed E-state index contributed by atoms with van der Waals surface area (Å²) >= 11 is 0. The number of hydrogen-bond donors (Lipinski definition) is 2. The van der Waals surface area contributed by atoms with Crippen molar-refractivity contribution < 1.29 is 22.7 Å². The molecule has 0 aliphatic heterocycles. The number of benzene rings is 1. The van der Waals surface area contributed by atoms with Crippen molar-refractivity contribution in [2.45, 2.75) is 38.6 Å². The molecule has 0 unspecified atom stereocenters. The van der Waals surface area contributed by atoms with Gasteiger partial charge >= 0.3 is 0 Å². The Bertz CT molecular complexity index is 720. The van der Waals surface area contributed by atoms with Crippen molar-refractivity contribution in [3.8, 4) is 11.5 Å². The van der Waals surface area contributed by atoms with E-state index in [2.05, 4.69) is 17.0 Å². The number of carbonyl (C=O) groups excluding carboxylic acids is 1. The molecule has 1 saturated carbocycles. The molecule has 2 rings (SSSR count). The van der Waals surface area contributed by atoms with Crippen LogP contribution in [-0.2, 0) is 10.0 Å². The summed E-state index contributed by atoms with van der Waals surface area (Å²) in [6.45, 7) is 2.12. The molecular formula is C18H28N2O5S. The SMILES string of the molecule is COc1ccc(C(=O)NCCS(=O)(=O)N[C@H]2CCCC[C@H]2C)cc1OC. The molecule has 0 spiro atoms. The molecule has 26 heavy (non-hydrogen) atoms. The first kappa shape index (κ1) is 20.5. The van der Waals surface area contributed by atoms with E-state index in [1.54, 1.807) is 18.2 Å². The van der Waals surface area contributed by atoms with E-state index in [1.807, 2.05) is 0 Å². The van der Waals surface area contributed by atoms with Crippen LogP contribution in [0.5, 0.6) is 11.5 Å². The van der Waals surface area contributed by atoms with Gasteiger partial charge in [0.25, 0.3) is 5.91 Å². The van der Waals surface area contributed by atoms with E-state index in [4.69, 9.17) is 9.47 Å². The minimum atomic E-state index is -3.42. The highest BCUT2D eigenvalue weighted by Gasteiger charge is 2.25. The van der Waals surface area contributed by atoms with Crippen LogP contribution in [-0.4, -0.2) is 46.9 Å². The minimum absolute atomic E-state index is 0.00435. The summed E-state index contributed by atoms with van der Waals surface area (Å²) in [5.41, 5.74) is 0.383. The lowest BCUT2D eigenvalue weighted by Crippen LogP contribution is -2.43. The summed E-state index contributed by atoms with van der Waals surface area (Å²) in [6.07, 6.45) is 4.12. The fourth-order valence-electron chi connectivity index (χ4n) is 3.16. The van der Waals surface area contributed by atoms with Crippen LogP contribution in [0.3, 0.4) is 0 Å². The summed E-state index contributed by atoms with van der Waals surface area (Å²) < 4.78 is 37.6. The third-order valence-corrected chi connectivity index (χ3v) is 6.15. The number of amides is 1. The zero-order valence-corrected chi connectivity index (χ0v) is 16.4. The summed E-state index contributed by atoms with van der Waals surface area (Å²) in [4.78, 5) is 12.2. The van der Waals surface area contributed by atoms with Gasteiger partial charge in [-0.1, -0.05) is 19.8 Å². The van der Waals surface area contributed by atoms with E-state index in [0.717, 1.165) is 25.7 Å². The number of nitrogens with one attached hydrogen (secondary N) is 2. The van der Waals surface area contributed by atoms with Crippen LogP contribution < -0.4 is 19.5 Å². The Morgan fingerprint density at radius 2 is 1.85 bits per heavy atom. The van der Waals surface area contributed by atoms with Crippen molar-refractivity contribution >= 4 is 15.9 Å². The van der Waals surface area contributed by atoms with Gasteiger partial charge in [0.05, 0.1) is 20.0 Å². The highest BCUT2D eigenvalue weighted by Crippen LogP contribution is 2.27. The van der Waals surface area contributed by atoms with Gasteiger partial charge in [0.15, 0.2) is 11.5 Å². The van der Waals surface area contributed by atoms with Crippen LogP contribution >= 0.6 is 0 Å². The van der Waals surface area contributed by atoms with Crippen LogP contribution in [0, 0.1) is 5.92 Å². The van der Waals surface area contributed by atoms with Crippen LogP contribution in [0.25, 0.3) is 0 Å². The van der Waals surface area contributed by atoms with Gasteiger partial charge in [-0.05, 0) is 37.0 Å². The third-order valence-electron chi connectivity index (χ3n) is 4.74. The quantitative estimate of drug-likeness (QED) is 0.714. The topological polar surface area (TPSA) is 93.7 Å². The second-order valence-corrected chi connectivity index (χ2v) is 8.50. The maximum absolute atomic E-state index is 12.2. The first-order valence-corrected chi connectivity index (χ1v) is 10.5. The average Bonchev–Trinajstić information content (AvgIpc) is 2.62. The second-order valence-electron chi connectivity index (χ2n) is 6.63. The fraction of sp³-hybridized carbons (Fsp3) is 0.611. The molecule has 0 bridgehead atoms. The molecule has 1 aliphatic rings. The standard InChI is InChI=1S/C18H28N2O5S/c1-13-6-4-5-7-15(13)20-26(22,23)11-10-19-18(21)14-8-9-16(24-2)17(12-14)25-3/h8-9,12-13,15,20H,4-7,10-11H2,1-3H3,(H,19,21)/t13-,15+/m1/s1. The first-order chi connectivity index (χ1) is 12.4. The zero-order valence-electron chi connectivity index (χ0n) is 15.6. The Hall–Kier alpha value is -1.80. The monoisotopic (exact) mass is 384 g/mol. The molecule has 1 fully saturated rings. The van der Waals surface area contributed by atoms with Crippen molar-refractivity contribution in [2.75, 3.05) is 26.5 Å². The number of carbonyl (C=O) groups is 1. The molecule has 0 aromatic heterocycles. The molecule has 1 aromatic carbocycles. The highest BCUT2D eigenvalue weighted by atomic mass is 32.2. The molecule has 0 heterocycles. The summed E-state index contributed by atoms with van der Waals surface area (Å²) in [7, 11) is -0.418.